The third kappa shape index (κ3) is 6.90. The number of likely N-dealkylation sites (tertiary alicyclic amines) is 1. The Labute approximate surface area is 176 Å². The zero-order valence-corrected chi connectivity index (χ0v) is 17.4. The van der Waals surface area contributed by atoms with E-state index in [1.165, 1.54) is 30.3 Å². The number of carbonyl (C=O) groups is 2. The van der Waals surface area contributed by atoms with Crippen LogP contribution in [0, 0.1) is 0 Å². The lowest BCUT2D eigenvalue weighted by atomic mass is 10.0. The van der Waals surface area contributed by atoms with Crippen LogP contribution in [0.2, 0.25) is 0 Å². The first-order chi connectivity index (χ1) is 14.4. The molecule has 0 radical (unpaired) electrons. The third-order valence-corrected chi connectivity index (χ3v) is 5.26. The molecule has 5 nitrogen and oxygen atoms in total. The normalized spacial score (nSPS) is 18.2. The van der Waals surface area contributed by atoms with Crippen LogP contribution in [-0.4, -0.2) is 47.2 Å². The highest BCUT2D eigenvalue weighted by Gasteiger charge is 2.39. The van der Waals surface area contributed by atoms with Gasteiger partial charge in [0.15, 0.2) is 0 Å². The van der Waals surface area contributed by atoms with Gasteiger partial charge in [-0.05, 0) is 26.2 Å². The lowest BCUT2D eigenvalue weighted by molar-refractivity contribution is -0.143. The summed E-state index contributed by atoms with van der Waals surface area (Å²) in [6.07, 6.45) is 5.26. The van der Waals surface area contributed by atoms with Crippen LogP contribution in [0.4, 0.5) is 8.78 Å². The molecule has 1 saturated heterocycles. The van der Waals surface area contributed by atoms with Crippen LogP contribution in [0.25, 0.3) is 0 Å². The van der Waals surface area contributed by atoms with E-state index in [-0.39, 0.29) is 23.5 Å². The molecule has 1 heterocycles. The summed E-state index contributed by atoms with van der Waals surface area (Å²) in [6, 6.07) is 6.93. The molecule has 1 aromatic rings. The van der Waals surface area contributed by atoms with Crippen LogP contribution in [0.1, 0.15) is 57.4 Å². The van der Waals surface area contributed by atoms with E-state index in [0.29, 0.717) is 32.4 Å². The SMILES string of the molecule is CCOC(=O)CCCCCCN1C(=O)CCC1C=CC(O)C(F)(F)c1ccccc1. The number of esters is 1. The Morgan fingerprint density at radius 1 is 1.27 bits per heavy atom. The second-order valence-electron chi connectivity index (χ2n) is 7.48. The van der Waals surface area contributed by atoms with E-state index in [0.717, 1.165) is 31.8 Å². The maximum absolute atomic E-state index is 14.4. The Hall–Kier alpha value is -2.28. The van der Waals surface area contributed by atoms with E-state index >= 15 is 0 Å². The van der Waals surface area contributed by atoms with Gasteiger partial charge in [0.2, 0.25) is 5.91 Å². The van der Waals surface area contributed by atoms with Crippen LogP contribution in [0.15, 0.2) is 42.5 Å². The molecule has 2 atom stereocenters. The highest BCUT2D eigenvalue weighted by molar-refractivity contribution is 5.79. The van der Waals surface area contributed by atoms with Gasteiger partial charge < -0.3 is 14.7 Å². The summed E-state index contributed by atoms with van der Waals surface area (Å²) >= 11 is 0. The van der Waals surface area contributed by atoms with Crippen molar-refractivity contribution in [1.29, 1.82) is 0 Å². The molecule has 2 unspecified atom stereocenters. The molecular weight excluding hydrogens is 392 g/mol. The van der Waals surface area contributed by atoms with Crippen LogP contribution in [0.5, 0.6) is 0 Å². The van der Waals surface area contributed by atoms with Gasteiger partial charge in [0.1, 0.15) is 6.10 Å². The molecule has 166 valence electrons. The second kappa shape index (κ2) is 11.8. The molecule has 1 fully saturated rings. The topological polar surface area (TPSA) is 66.8 Å². The summed E-state index contributed by atoms with van der Waals surface area (Å²) in [5.41, 5.74) is -0.246. The predicted molar refractivity (Wildman–Crippen MR) is 110 cm³/mol. The van der Waals surface area contributed by atoms with Crippen LogP contribution in [-0.2, 0) is 20.2 Å². The molecule has 0 aromatic heterocycles. The fourth-order valence-corrected chi connectivity index (χ4v) is 3.57. The fourth-order valence-electron chi connectivity index (χ4n) is 3.57. The van der Waals surface area contributed by atoms with E-state index in [4.69, 9.17) is 4.74 Å². The summed E-state index contributed by atoms with van der Waals surface area (Å²) in [5, 5.41) is 10.0. The molecule has 0 bridgehead atoms. The fraction of sp³-hybridized carbons (Fsp3) is 0.565. The van der Waals surface area contributed by atoms with Crippen molar-refractivity contribution in [2.75, 3.05) is 13.2 Å². The minimum atomic E-state index is -3.40. The molecule has 7 heteroatoms. The lowest BCUT2D eigenvalue weighted by Gasteiger charge is -2.24. The Morgan fingerprint density at radius 3 is 2.67 bits per heavy atom. The van der Waals surface area contributed by atoms with Gasteiger partial charge in [-0.15, -0.1) is 0 Å². The summed E-state index contributed by atoms with van der Waals surface area (Å²) in [5.74, 6) is -3.59. The number of halogens is 2. The number of alkyl halides is 2. The quantitative estimate of drug-likeness (QED) is 0.311. The number of rotatable bonds is 12. The number of aliphatic hydroxyl groups is 1. The van der Waals surface area contributed by atoms with E-state index in [1.807, 2.05) is 0 Å². The maximum Gasteiger partial charge on any atom is 0.305 e. The number of amides is 1. The molecular formula is C23H31F2NO4. The first-order valence-corrected chi connectivity index (χ1v) is 10.6. The second-order valence-corrected chi connectivity index (χ2v) is 7.48. The molecule has 1 N–H and O–H groups in total. The molecule has 0 saturated carbocycles. The van der Waals surface area contributed by atoms with Crippen molar-refractivity contribution in [2.45, 2.75) is 69.9 Å². The minimum absolute atomic E-state index is 0.000447. The Balaban J connectivity index is 1.80. The summed E-state index contributed by atoms with van der Waals surface area (Å²) in [7, 11) is 0. The average molecular weight is 424 g/mol. The van der Waals surface area contributed by atoms with Crippen molar-refractivity contribution >= 4 is 11.9 Å². The third-order valence-electron chi connectivity index (χ3n) is 5.26. The van der Waals surface area contributed by atoms with Crippen LogP contribution in [0.3, 0.4) is 0 Å². The van der Waals surface area contributed by atoms with E-state index in [9.17, 15) is 23.5 Å². The predicted octanol–water partition coefficient (Wildman–Crippen LogP) is 4.20. The monoisotopic (exact) mass is 423 g/mol. The summed E-state index contributed by atoms with van der Waals surface area (Å²) in [4.78, 5) is 25.1. The number of hydrogen-bond acceptors (Lipinski definition) is 4. The van der Waals surface area contributed by atoms with Gasteiger partial charge >= 0.3 is 11.9 Å². The molecule has 1 aliphatic heterocycles. The van der Waals surface area contributed by atoms with E-state index < -0.39 is 12.0 Å². The van der Waals surface area contributed by atoms with Crippen molar-refractivity contribution in [3.63, 3.8) is 0 Å². The number of benzene rings is 1. The molecule has 1 aliphatic rings. The molecule has 30 heavy (non-hydrogen) atoms. The average Bonchev–Trinajstić information content (AvgIpc) is 3.09. The Bertz CT molecular complexity index is 708. The summed E-state index contributed by atoms with van der Waals surface area (Å²) in [6.45, 7) is 2.70. The maximum atomic E-state index is 14.4. The number of nitrogens with zero attached hydrogens (tertiary/aromatic N) is 1. The van der Waals surface area contributed by atoms with Crippen LogP contribution < -0.4 is 0 Å². The van der Waals surface area contributed by atoms with Crippen molar-refractivity contribution in [3.05, 3.63) is 48.0 Å². The molecule has 0 aliphatic carbocycles. The van der Waals surface area contributed by atoms with Gasteiger partial charge in [-0.25, -0.2) is 0 Å². The van der Waals surface area contributed by atoms with Gasteiger partial charge in [0.05, 0.1) is 12.6 Å². The van der Waals surface area contributed by atoms with Gasteiger partial charge in [0.25, 0.3) is 0 Å². The molecule has 2 rings (SSSR count). The highest BCUT2D eigenvalue weighted by Crippen LogP contribution is 2.32. The zero-order chi connectivity index (χ0) is 22.0. The Kier molecular flexibility index (Phi) is 9.43. The first-order valence-electron chi connectivity index (χ1n) is 10.6. The highest BCUT2D eigenvalue weighted by atomic mass is 19.3. The van der Waals surface area contributed by atoms with Gasteiger partial charge in [-0.1, -0.05) is 55.3 Å². The standard InChI is InChI=1S/C23H31F2NO4/c1-2-30-22(29)12-8-3-4-9-17-26-19(14-16-21(26)28)13-15-20(27)23(24,25)18-10-6-5-7-11-18/h5-7,10-11,13,15,19-20,27H,2-4,8-9,12,14,16-17H2,1H3. The largest absolute Gasteiger partial charge is 0.466 e. The lowest BCUT2D eigenvalue weighted by Crippen LogP contribution is -2.34. The number of aliphatic hydroxyl groups excluding tert-OH is 1. The molecule has 1 amide bonds. The minimum Gasteiger partial charge on any atom is -0.466 e. The van der Waals surface area contributed by atoms with E-state index in [2.05, 4.69) is 0 Å². The molecule has 0 spiro atoms. The Morgan fingerprint density at radius 2 is 1.97 bits per heavy atom. The van der Waals surface area contributed by atoms with Gasteiger partial charge in [-0.3, -0.25) is 9.59 Å². The number of ether oxygens (including phenoxy) is 1. The van der Waals surface area contributed by atoms with Crippen LogP contribution >= 0.6 is 0 Å². The smallest absolute Gasteiger partial charge is 0.305 e. The summed E-state index contributed by atoms with van der Waals surface area (Å²) < 4.78 is 33.7. The zero-order valence-electron chi connectivity index (χ0n) is 17.4. The number of unbranched alkanes of at least 4 members (excludes halogenated alkanes) is 3. The van der Waals surface area contributed by atoms with Crippen molar-refractivity contribution < 1.29 is 28.2 Å². The number of hydrogen-bond donors (Lipinski definition) is 1. The number of carbonyl (C=O) groups excluding carboxylic acids is 2. The van der Waals surface area contributed by atoms with E-state index in [1.54, 1.807) is 17.9 Å². The van der Waals surface area contributed by atoms with Gasteiger partial charge in [0, 0.05) is 24.9 Å². The van der Waals surface area contributed by atoms with Gasteiger partial charge in [-0.2, -0.15) is 8.78 Å². The van der Waals surface area contributed by atoms with Crippen molar-refractivity contribution in [3.8, 4) is 0 Å². The van der Waals surface area contributed by atoms with Crippen molar-refractivity contribution in [2.24, 2.45) is 0 Å². The molecule has 1 aromatic carbocycles. The van der Waals surface area contributed by atoms with Crippen molar-refractivity contribution in [1.82, 2.24) is 4.90 Å². The first kappa shape index (κ1) is 24.0.